The Labute approximate surface area is 140 Å². The van der Waals surface area contributed by atoms with E-state index < -0.39 is 11.7 Å². The number of rotatable bonds is 3. The minimum atomic E-state index is -4.29. The minimum absolute atomic E-state index is 0.315. The molecule has 2 aromatic carbocycles. The number of nitrogens with zero attached hydrogens (tertiary/aromatic N) is 2. The van der Waals surface area contributed by atoms with E-state index in [2.05, 4.69) is 24.0 Å². The highest BCUT2D eigenvalue weighted by molar-refractivity contribution is 5.49. The van der Waals surface area contributed by atoms with E-state index >= 15 is 0 Å². The molecular formula is C19H21F3N2. The summed E-state index contributed by atoms with van der Waals surface area (Å²) in [5.74, 6) is 0. The van der Waals surface area contributed by atoms with E-state index in [4.69, 9.17) is 0 Å². The third kappa shape index (κ3) is 3.73. The van der Waals surface area contributed by atoms with E-state index in [1.54, 1.807) is 6.07 Å². The Morgan fingerprint density at radius 3 is 2.17 bits per heavy atom. The van der Waals surface area contributed by atoms with E-state index in [1.807, 2.05) is 23.1 Å². The van der Waals surface area contributed by atoms with E-state index in [0.717, 1.165) is 32.2 Å². The maximum absolute atomic E-state index is 12.9. The van der Waals surface area contributed by atoms with Crippen LogP contribution in [0.4, 0.5) is 18.9 Å². The largest absolute Gasteiger partial charge is 0.416 e. The molecule has 1 atom stereocenters. The maximum atomic E-state index is 12.9. The Morgan fingerprint density at radius 2 is 1.54 bits per heavy atom. The van der Waals surface area contributed by atoms with Gasteiger partial charge in [0.15, 0.2) is 0 Å². The Bertz CT molecular complexity index is 662. The molecule has 1 aliphatic rings. The van der Waals surface area contributed by atoms with E-state index in [1.165, 1.54) is 17.7 Å². The maximum Gasteiger partial charge on any atom is 0.416 e. The smallest absolute Gasteiger partial charge is 0.369 e. The zero-order valence-corrected chi connectivity index (χ0v) is 13.6. The Hall–Kier alpha value is -2.01. The molecular weight excluding hydrogens is 313 g/mol. The van der Waals surface area contributed by atoms with Crippen LogP contribution in [0.2, 0.25) is 0 Å². The lowest BCUT2D eigenvalue weighted by atomic mass is 10.1. The van der Waals surface area contributed by atoms with Crippen molar-refractivity contribution in [3.05, 3.63) is 65.7 Å². The Balaban J connectivity index is 1.65. The summed E-state index contributed by atoms with van der Waals surface area (Å²) in [6.45, 7) is 5.32. The Morgan fingerprint density at radius 1 is 0.875 bits per heavy atom. The average molecular weight is 334 g/mol. The molecule has 0 aliphatic carbocycles. The highest BCUT2D eigenvalue weighted by atomic mass is 19.4. The standard InChI is InChI=1S/C19H21F3N2/c1-15(16-6-3-2-4-7-16)23-10-12-24(13-11-23)18-9-5-8-17(14-18)19(20,21)22/h2-9,14-15H,10-13H2,1H3. The van der Waals surface area contributed by atoms with Gasteiger partial charge in [0.1, 0.15) is 0 Å². The summed E-state index contributed by atoms with van der Waals surface area (Å²) in [5, 5.41) is 0. The summed E-state index contributed by atoms with van der Waals surface area (Å²) in [6.07, 6.45) is -4.29. The molecule has 0 spiro atoms. The fraction of sp³-hybridized carbons (Fsp3) is 0.368. The number of benzene rings is 2. The van der Waals surface area contributed by atoms with Gasteiger partial charge >= 0.3 is 6.18 Å². The van der Waals surface area contributed by atoms with Gasteiger partial charge in [-0.15, -0.1) is 0 Å². The van der Waals surface area contributed by atoms with Gasteiger partial charge in [-0.1, -0.05) is 36.4 Å². The van der Waals surface area contributed by atoms with Crippen LogP contribution in [0.1, 0.15) is 24.1 Å². The summed E-state index contributed by atoms with van der Waals surface area (Å²) >= 11 is 0. The van der Waals surface area contributed by atoms with Gasteiger partial charge in [-0.3, -0.25) is 4.90 Å². The molecule has 1 unspecified atom stereocenters. The van der Waals surface area contributed by atoms with Crippen molar-refractivity contribution in [1.29, 1.82) is 0 Å². The van der Waals surface area contributed by atoms with Crippen LogP contribution < -0.4 is 4.90 Å². The lowest BCUT2D eigenvalue weighted by Crippen LogP contribution is -2.47. The predicted molar refractivity (Wildman–Crippen MR) is 90.1 cm³/mol. The first-order valence-corrected chi connectivity index (χ1v) is 8.16. The summed E-state index contributed by atoms with van der Waals surface area (Å²) in [4.78, 5) is 4.41. The van der Waals surface area contributed by atoms with Gasteiger partial charge in [0, 0.05) is 37.9 Å². The summed E-state index contributed by atoms with van der Waals surface area (Å²) in [6, 6.07) is 16.2. The lowest BCUT2D eigenvalue weighted by Gasteiger charge is -2.39. The van der Waals surface area contributed by atoms with Gasteiger partial charge < -0.3 is 4.90 Å². The number of piperazine rings is 1. The monoisotopic (exact) mass is 334 g/mol. The highest BCUT2D eigenvalue weighted by Gasteiger charge is 2.31. The second kappa shape index (κ2) is 6.85. The predicted octanol–water partition coefficient (Wildman–Crippen LogP) is 4.59. The number of hydrogen-bond donors (Lipinski definition) is 0. The van der Waals surface area contributed by atoms with Gasteiger partial charge in [-0.05, 0) is 30.7 Å². The lowest BCUT2D eigenvalue weighted by molar-refractivity contribution is -0.137. The topological polar surface area (TPSA) is 6.48 Å². The Kier molecular flexibility index (Phi) is 4.81. The number of halogens is 3. The molecule has 0 aromatic heterocycles. The molecule has 0 bridgehead atoms. The first kappa shape index (κ1) is 16.8. The van der Waals surface area contributed by atoms with Crippen LogP contribution in [0.5, 0.6) is 0 Å². The third-order valence-electron chi connectivity index (χ3n) is 4.68. The molecule has 0 N–H and O–H groups in total. The molecule has 0 amide bonds. The van der Waals surface area contributed by atoms with Crippen LogP contribution in [-0.2, 0) is 6.18 Å². The molecule has 5 heteroatoms. The van der Waals surface area contributed by atoms with E-state index in [-0.39, 0.29) is 0 Å². The normalized spacial score (nSPS) is 17.8. The summed E-state index contributed by atoms with van der Waals surface area (Å²) in [5.41, 5.74) is 1.34. The molecule has 0 saturated carbocycles. The van der Waals surface area contributed by atoms with Crippen molar-refractivity contribution in [1.82, 2.24) is 4.90 Å². The first-order valence-electron chi connectivity index (χ1n) is 8.16. The quantitative estimate of drug-likeness (QED) is 0.810. The molecule has 2 aromatic rings. The van der Waals surface area contributed by atoms with Gasteiger partial charge in [0.05, 0.1) is 5.56 Å². The van der Waals surface area contributed by atoms with Gasteiger partial charge in [0.25, 0.3) is 0 Å². The van der Waals surface area contributed by atoms with Crippen LogP contribution in [-0.4, -0.2) is 31.1 Å². The summed E-state index contributed by atoms with van der Waals surface area (Å²) < 4.78 is 38.6. The van der Waals surface area contributed by atoms with Gasteiger partial charge in [0.2, 0.25) is 0 Å². The van der Waals surface area contributed by atoms with Crippen LogP contribution in [0, 0.1) is 0 Å². The second-order valence-electron chi connectivity index (χ2n) is 6.16. The van der Waals surface area contributed by atoms with Crippen LogP contribution in [0.3, 0.4) is 0 Å². The highest BCUT2D eigenvalue weighted by Crippen LogP contribution is 2.32. The van der Waals surface area contributed by atoms with Crippen molar-refractivity contribution in [2.24, 2.45) is 0 Å². The van der Waals surface area contributed by atoms with Crippen molar-refractivity contribution >= 4 is 5.69 Å². The van der Waals surface area contributed by atoms with E-state index in [9.17, 15) is 13.2 Å². The van der Waals surface area contributed by atoms with Gasteiger partial charge in [-0.25, -0.2) is 0 Å². The molecule has 1 saturated heterocycles. The third-order valence-corrected chi connectivity index (χ3v) is 4.68. The van der Waals surface area contributed by atoms with Crippen molar-refractivity contribution in [3.63, 3.8) is 0 Å². The molecule has 1 aliphatic heterocycles. The number of alkyl halides is 3. The van der Waals surface area contributed by atoms with Crippen molar-refractivity contribution in [2.45, 2.75) is 19.1 Å². The summed E-state index contributed by atoms with van der Waals surface area (Å²) in [7, 11) is 0. The fourth-order valence-electron chi connectivity index (χ4n) is 3.19. The fourth-order valence-corrected chi connectivity index (χ4v) is 3.19. The molecule has 128 valence electrons. The average Bonchev–Trinajstić information content (AvgIpc) is 2.61. The van der Waals surface area contributed by atoms with Crippen molar-refractivity contribution < 1.29 is 13.2 Å². The number of hydrogen-bond acceptors (Lipinski definition) is 2. The molecule has 24 heavy (non-hydrogen) atoms. The first-order chi connectivity index (χ1) is 11.4. The minimum Gasteiger partial charge on any atom is -0.369 e. The molecule has 1 heterocycles. The molecule has 1 fully saturated rings. The van der Waals surface area contributed by atoms with E-state index in [0.29, 0.717) is 11.7 Å². The zero-order chi connectivity index (χ0) is 17.2. The number of anilines is 1. The van der Waals surface area contributed by atoms with Crippen LogP contribution >= 0.6 is 0 Å². The molecule has 0 radical (unpaired) electrons. The zero-order valence-electron chi connectivity index (χ0n) is 13.6. The second-order valence-corrected chi connectivity index (χ2v) is 6.16. The van der Waals surface area contributed by atoms with Gasteiger partial charge in [-0.2, -0.15) is 13.2 Å². The van der Waals surface area contributed by atoms with Crippen molar-refractivity contribution in [2.75, 3.05) is 31.1 Å². The molecule has 3 rings (SSSR count). The van der Waals surface area contributed by atoms with Crippen molar-refractivity contribution in [3.8, 4) is 0 Å². The van der Waals surface area contributed by atoms with Crippen LogP contribution in [0.15, 0.2) is 54.6 Å². The van der Waals surface area contributed by atoms with Crippen LogP contribution in [0.25, 0.3) is 0 Å². The SMILES string of the molecule is CC(c1ccccc1)N1CCN(c2cccc(C(F)(F)F)c2)CC1. The molecule has 2 nitrogen and oxygen atoms in total.